The lowest BCUT2D eigenvalue weighted by atomic mass is 10.0. The van der Waals surface area contributed by atoms with Gasteiger partial charge in [-0.15, -0.1) is 0 Å². The average molecular weight is 816 g/mol. The van der Waals surface area contributed by atoms with Crippen LogP contribution in [-0.2, 0) is 4.79 Å². The molecule has 342 valence electrons. The lowest BCUT2D eigenvalue weighted by Crippen LogP contribution is -2.48. The van der Waals surface area contributed by atoms with Crippen LogP contribution in [0.15, 0.2) is 36.5 Å². The summed E-state index contributed by atoms with van der Waals surface area (Å²) in [6, 6.07) is -0.817. The fraction of sp³-hybridized carbons (Fsp3) is 0.868. The van der Waals surface area contributed by atoms with Crippen molar-refractivity contribution in [2.24, 2.45) is 0 Å². The van der Waals surface area contributed by atoms with Crippen LogP contribution in [0.25, 0.3) is 0 Å². The number of carbonyl (C=O) groups is 1. The molecule has 0 bridgehead atoms. The summed E-state index contributed by atoms with van der Waals surface area (Å²) in [7, 11) is 0. The predicted molar refractivity (Wildman–Crippen MR) is 254 cm³/mol. The first-order chi connectivity index (χ1) is 28.6. The molecule has 0 aliphatic rings. The second kappa shape index (κ2) is 48.2. The Kier molecular flexibility index (Phi) is 47.0. The molecular weight excluding hydrogens is 715 g/mol. The van der Waals surface area contributed by atoms with Crippen LogP contribution in [0.4, 0.5) is 0 Å². The fourth-order valence-electron chi connectivity index (χ4n) is 7.99. The van der Waals surface area contributed by atoms with Gasteiger partial charge in [-0.25, -0.2) is 0 Å². The van der Waals surface area contributed by atoms with Crippen molar-refractivity contribution < 1.29 is 20.1 Å². The number of hydrogen-bond acceptors (Lipinski definition) is 4. The van der Waals surface area contributed by atoms with Crippen molar-refractivity contribution in [1.82, 2.24) is 5.32 Å². The highest BCUT2D eigenvalue weighted by molar-refractivity contribution is 5.80. The third-order valence-corrected chi connectivity index (χ3v) is 12.0. The smallest absolute Gasteiger partial charge is 0.249 e. The molecule has 1 amide bonds. The van der Waals surface area contributed by atoms with Gasteiger partial charge >= 0.3 is 0 Å². The number of allylic oxidation sites excluding steroid dienone is 5. The molecule has 0 aliphatic heterocycles. The van der Waals surface area contributed by atoms with Gasteiger partial charge in [0, 0.05) is 0 Å². The van der Waals surface area contributed by atoms with Gasteiger partial charge in [-0.2, -0.15) is 0 Å². The van der Waals surface area contributed by atoms with E-state index in [2.05, 4.69) is 43.5 Å². The summed E-state index contributed by atoms with van der Waals surface area (Å²) in [5.74, 6) is -0.516. The van der Waals surface area contributed by atoms with E-state index in [1.54, 1.807) is 6.08 Å². The number of hydrogen-bond donors (Lipinski definition) is 4. The first-order valence-corrected chi connectivity index (χ1v) is 25.8. The Labute approximate surface area is 362 Å². The number of aliphatic hydroxyl groups is 3. The second-order valence-corrected chi connectivity index (χ2v) is 17.7. The summed E-state index contributed by atoms with van der Waals surface area (Å²) in [4.78, 5) is 12.4. The van der Waals surface area contributed by atoms with Crippen LogP contribution >= 0.6 is 0 Å². The maximum Gasteiger partial charge on any atom is 0.249 e. The number of nitrogens with one attached hydrogen (secondary N) is 1. The third-order valence-electron chi connectivity index (χ3n) is 12.0. The Bertz CT molecular complexity index is 901. The van der Waals surface area contributed by atoms with Crippen LogP contribution < -0.4 is 5.32 Å². The van der Waals surface area contributed by atoms with Crippen LogP contribution in [-0.4, -0.2) is 46.1 Å². The van der Waals surface area contributed by atoms with Crippen LogP contribution in [0.1, 0.15) is 271 Å². The second-order valence-electron chi connectivity index (χ2n) is 17.7. The van der Waals surface area contributed by atoms with Gasteiger partial charge in [0.1, 0.15) is 6.10 Å². The van der Waals surface area contributed by atoms with E-state index in [9.17, 15) is 20.1 Å². The van der Waals surface area contributed by atoms with Gasteiger partial charge in [0.05, 0.1) is 18.8 Å². The molecule has 0 rings (SSSR count). The van der Waals surface area contributed by atoms with E-state index in [4.69, 9.17) is 0 Å². The van der Waals surface area contributed by atoms with Crippen molar-refractivity contribution in [3.05, 3.63) is 36.5 Å². The number of aliphatic hydroxyl groups excluding tert-OH is 3. The normalized spacial score (nSPS) is 13.7. The molecule has 0 spiro atoms. The highest BCUT2D eigenvalue weighted by atomic mass is 16.3. The minimum Gasteiger partial charge on any atom is -0.394 e. The average Bonchev–Trinajstić information content (AvgIpc) is 3.23. The van der Waals surface area contributed by atoms with Crippen molar-refractivity contribution in [3.63, 3.8) is 0 Å². The molecule has 58 heavy (non-hydrogen) atoms. The van der Waals surface area contributed by atoms with E-state index in [1.165, 1.54) is 199 Å². The molecule has 5 heteroatoms. The zero-order valence-corrected chi connectivity index (χ0v) is 38.9. The summed E-state index contributed by atoms with van der Waals surface area (Å²) in [6.07, 6.45) is 62.5. The lowest BCUT2D eigenvalue weighted by molar-refractivity contribution is -0.131. The molecule has 0 aromatic heterocycles. The molecule has 3 atom stereocenters. The lowest BCUT2D eigenvalue weighted by Gasteiger charge is -2.21. The monoisotopic (exact) mass is 816 g/mol. The van der Waals surface area contributed by atoms with E-state index in [0.29, 0.717) is 6.42 Å². The molecule has 0 aromatic carbocycles. The first-order valence-electron chi connectivity index (χ1n) is 25.8. The molecular formula is C53H101NO4. The topological polar surface area (TPSA) is 89.8 Å². The zero-order valence-electron chi connectivity index (χ0n) is 38.9. The van der Waals surface area contributed by atoms with Crippen molar-refractivity contribution >= 4 is 5.91 Å². The summed E-state index contributed by atoms with van der Waals surface area (Å²) in [5.41, 5.74) is 0. The van der Waals surface area contributed by atoms with Crippen molar-refractivity contribution in [2.45, 2.75) is 289 Å². The predicted octanol–water partition coefficient (Wildman–Crippen LogP) is 15.5. The Balaban J connectivity index is 3.44. The van der Waals surface area contributed by atoms with Gasteiger partial charge < -0.3 is 20.6 Å². The van der Waals surface area contributed by atoms with Crippen molar-refractivity contribution in [2.75, 3.05) is 6.61 Å². The first kappa shape index (κ1) is 56.6. The maximum atomic E-state index is 12.4. The molecule has 3 unspecified atom stereocenters. The Morgan fingerprint density at radius 2 is 0.724 bits per heavy atom. The van der Waals surface area contributed by atoms with E-state index < -0.39 is 24.2 Å². The maximum absolute atomic E-state index is 12.4. The summed E-state index contributed by atoms with van der Waals surface area (Å²) in [5, 5.41) is 33.0. The van der Waals surface area contributed by atoms with Gasteiger partial charge in [-0.05, 0) is 38.5 Å². The van der Waals surface area contributed by atoms with Crippen molar-refractivity contribution in [1.29, 1.82) is 0 Å². The molecule has 0 saturated heterocycles. The van der Waals surface area contributed by atoms with Crippen LogP contribution in [0.3, 0.4) is 0 Å². The fourth-order valence-corrected chi connectivity index (χ4v) is 7.99. The van der Waals surface area contributed by atoms with E-state index >= 15 is 0 Å². The number of amides is 1. The number of unbranched alkanes of at least 4 members (excludes halogenated alkanes) is 35. The van der Waals surface area contributed by atoms with Crippen LogP contribution in [0.2, 0.25) is 0 Å². The summed E-state index contributed by atoms with van der Waals surface area (Å²) in [6.45, 7) is 4.06. The minimum atomic E-state index is -1.11. The van der Waals surface area contributed by atoms with Crippen LogP contribution in [0.5, 0.6) is 0 Å². The van der Waals surface area contributed by atoms with E-state index in [0.717, 1.165) is 51.4 Å². The van der Waals surface area contributed by atoms with Gasteiger partial charge in [0.2, 0.25) is 5.91 Å². The Morgan fingerprint density at radius 1 is 0.431 bits per heavy atom. The molecule has 0 heterocycles. The quantitative estimate of drug-likeness (QED) is 0.0364. The van der Waals surface area contributed by atoms with Gasteiger partial charge in [0.15, 0.2) is 0 Å². The Hall–Kier alpha value is -1.43. The van der Waals surface area contributed by atoms with Crippen molar-refractivity contribution in [3.8, 4) is 0 Å². The van der Waals surface area contributed by atoms with Gasteiger partial charge in [-0.3, -0.25) is 4.79 Å². The molecule has 5 nitrogen and oxygen atoms in total. The highest BCUT2D eigenvalue weighted by Crippen LogP contribution is 2.17. The zero-order chi connectivity index (χ0) is 42.3. The standard InChI is InChI=1S/C53H101NO4/c1-3-5-7-9-11-13-15-16-17-18-19-20-21-22-23-24-25-26-27-28-29-30-31-32-33-34-35-36-37-38-40-42-44-46-48-52(57)53(58)54-50(49-55)51(56)47-45-43-41-39-14-12-10-8-6-4-2/h6,8,14,39,45,47,50-52,55-57H,3-5,7,9-13,15-38,40-44,46,48-49H2,1-2H3,(H,54,58)/b8-6+,39-14+,47-45+. The number of rotatable bonds is 47. The van der Waals surface area contributed by atoms with Gasteiger partial charge in [0.25, 0.3) is 0 Å². The number of carbonyl (C=O) groups excluding carboxylic acids is 1. The summed E-state index contributed by atoms with van der Waals surface area (Å²) >= 11 is 0. The minimum absolute atomic E-state index is 0.380. The highest BCUT2D eigenvalue weighted by Gasteiger charge is 2.22. The Morgan fingerprint density at radius 3 is 1.03 bits per heavy atom. The molecule has 0 radical (unpaired) electrons. The van der Waals surface area contributed by atoms with E-state index in [-0.39, 0.29) is 6.61 Å². The third kappa shape index (κ3) is 42.7. The van der Waals surface area contributed by atoms with Crippen LogP contribution in [0, 0.1) is 0 Å². The molecule has 4 N–H and O–H groups in total. The molecule has 0 aliphatic carbocycles. The van der Waals surface area contributed by atoms with E-state index in [1.807, 2.05) is 6.08 Å². The van der Waals surface area contributed by atoms with Gasteiger partial charge in [-0.1, -0.05) is 269 Å². The largest absolute Gasteiger partial charge is 0.394 e. The SMILES string of the molecule is CC/C=C/CC/C=C/CC/C=C/C(O)C(CO)NC(=O)C(O)CCCCCCCCCCCCCCCCCCCCCCCCCCCCCCCCCCCC. The molecule has 0 aromatic rings. The molecule has 0 fully saturated rings. The summed E-state index contributed by atoms with van der Waals surface area (Å²) < 4.78 is 0. The molecule has 0 saturated carbocycles.